The zero-order chi connectivity index (χ0) is 17.9. The summed E-state index contributed by atoms with van der Waals surface area (Å²) in [7, 11) is 1.64. The fourth-order valence-electron chi connectivity index (χ4n) is 1.97. The minimum atomic E-state index is -0.345. The average molecular weight is 362 g/mol. The minimum Gasteiger partial charge on any atom is -0.383 e. The minimum absolute atomic E-state index is 0.157. The number of ether oxygens (including phenoxy) is 1. The lowest BCUT2D eigenvalue weighted by Gasteiger charge is -2.06. The van der Waals surface area contributed by atoms with E-state index >= 15 is 0 Å². The second-order valence-corrected chi connectivity index (χ2v) is 6.19. The Bertz CT molecular complexity index is 676. The zero-order valence-electron chi connectivity index (χ0n) is 14.0. The van der Waals surface area contributed by atoms with E-state index in [1.807, 2.05) is 18.2 Å². The molecule has 1 heterocycles. The number of urea groups is 1. The predicted octanol–water partition coefficient (Wildman–Crippen LogP) is 2.36. The van der Waals surface area contributed by atoms with Crippen LogP contribution in [0.3, 0.4) is 0 Å². The number of methoxy groups -OCH3 is 1. The molecular formula is C17H22N4O3S. The molecule has 0 aliphatic carbocycles. The molecule has 0 atom stereocenters. The first-order valence-corrected chi connectivity index (χ1v) is 8.71. The van der Waals surface area contributed by atoms with Gasteiger partial charge >= 0.3 is 6.03 Å². The highest BCUT2D eigenvalue weighted by Crippen LogP contribution is 2.22. The van der Waals surface area contributed by atoms with Gasteiger partial charge in [-0.05, 0) is 24.3 Å². The molecule has 3 amide bonds. The van der Waals surface area contributed by atoms with E-state index < -0.39 is 0 Å². The largest absolute Gasteiger partial charge is 0.383 e. The Kier molecular flexibility index (Phi) is 7.90. The Morgan fingerprint density at radius 1 is 1.00 bits per heavy atom. The third kappa shape index (κ3) is 6.92. The van der Waals surface area contributed by atoms with Crippen molar-refractivity contribution in [3.05, 3.63) is 47.3 Å². The summed E-state index contributed by atoms with van der Waals surface area (Å²) in [6, 6.07) is 12.2. The first-order valence-electron chi connectivity index (χ1n) is 7.90. The molecule has 0 bridgehead atoms. The number of nitrogens with one attached hydrogen (secondary N) is 4. The number of anilines is 2. The number of hydrogen-bond acceptors (Lipinski definition) is 5. The molecule has 0 spiro atoms. The second-order valence-electron chi connectivity index (χ2n) is 5.11. The van der Waals surface area contributed by atoms with Crippen molar-refractivity contribution < 1.29 is 14.3 Å². The number of benzene rings is 1. The SMILES string of the molecule is COCCNCCNC(=O)c1ccc(NC(=O)Nc2ccccc2)s1. The van der Waals surface area contributed by atoms with Gasteiger partial charge in [-0.1, -0.05) is 18.2 Å². The summed E-state index contributed by atoms with van der Waals surface area (Å²) in [5.74, 6) is -0.157. The molecule has 25 heavy (non-hydrogen) atoms. The Morgan fingerprint density at radius 3 is 2.56 bits per heavy atom. The maximum Gasteiger partial charge on any atom is 0.324 e. The van der Waals surface area contributed by atoms with Crippen molar-refractivity contribution in [1.82, 2.24) is 10.6 Å². The molecule has 0 aliphatic rings. The maximum atomic E-state index is 12.0. The van der Waals surface area contributed by atoms with Gasteiger partial charge in [0.1, 0.15) is 0 Å². The van der Waals surface area contributed by atoms with E-state index in [1.54, 1.807) is 31.4 Å². The Morgan fingerprint density at radius 2 is 1.80 bits per heavy atom. The third-order valence-electron chi connectivity index (χ3n) is 3.17. The van der Waals surface area contributed by atoms with E-state index in [-0.39, 0.29) is 11.9 Å². The lowest BCUT2D eigenvalue weighted by Crippen LogP contribution is -2.32. The van der Waals surface area contributed by atoms with Crippen molar-refractivity contribution >= 4 is 34.0 Å². The van der Waals surface area contributed by atoms with E-state index in [4.69, 9.17) is 4.74 Å². The summed E-state index contributed by atoms with van der Waals surface area (Å²) in [5, 5.41) is 12.0. The highest BCUT2D eigenvalue weighted by molar-refractivity contribution is 7.18. The predicted molar refractivity (Wildman–Crippen MR) is 100 cm³/mol. The van der Waals surface area contributed by atoms with Gasteiger partial charge in [-0.25, -0.2) is 4.79 Å². The van der Waals surface area contributed by atoms with Crippen LogP contribution in [0.5, 0.6) is 0 Å². The molecule has 4 N–H and O–H groups in total. The molecule has 1 aromatic heterocycles. The van der Waals surface area contributed by atoms with E-state index in [9.17, 15) is 9.59 Å². The smallest absolute Gasteiger partial charge is 0.324 e. The van der Waals surface area contributed by atoms with E-state index in [1.165, 1.54) is 11.3 Å². The number of carbonyl (C=O) groups excluding carboxylic acids is 2. The molecule has 0 radical (unpaired) electrons. The van der Waals surface area contributed by atoms with Gasteiger partial charge in [0, 0.05) is 32.4 Å². The van der Waals surface area contributed by atoms with Crippen LogP contribution in [-0.4, -0.2) is 45.3 Å². The second kappa shape index (κ2) is 10.4. The molecule has 0 unspecified atom stereocenters. The van der Waals surface area contributed by atoms with Gasteiger partial charge in [-0.3, -0.25) is 10.1 Å². The molecule has 0 saturated heterocycles. The molecule has 2 aromatic rings. The number of amides is 3. The Hall–Kier alpha value is -2.42. The fourth-order valence-corrected chi connectivity index (χ4v) is 2.79. The molecule has 134 valence electrons. The van der Waals surface area contributed by atoms with Crippen molar-refractivity contribution in [3.8, 4) is 0 Å². The molecular weight excluding hydrogens is 340 g/mol. The number of thiophene rings is 1. The first-order chi connectivity index (χ1) is 12.2. The number of carbonyl (C=O) groups is 2. The number of rotatable bonds is 9. The van der Waals surface area contributed by atoms with Crippen LogP contribution in [0.15, 0.2) is 42.5 Å². The van der Waals surface area contributed by atoms with Crippen molar-refractivity contribution in [3.63, 3.8) is 0 Å². The Labute approximate surface area is 150 Å². The van der Waals surface area contributed by atoms with Crippen molar-refractivity contribution in [2.75, 3.05) is 44.0 Å². The van der Waals surface area contributed by atoms with Crippen LogP contribution in [-0.2, 0) is 4.74 Å². The molecule has 8 heteroatoms. The number of para-hydroxylation sites is 1. The fraction of sp³-hybridized carbons (Fsp3) is 0.294. The van der Waals surface area contributed by atoms with Gasteiger partial charge in [0.05, 0.1) is 16.5 Å². The van der Waals surface area contributed by atoms with Crippen LogP contribution < -0.4 is 21.3 Å². The van der Waals surface area contributed by atoms with Crippen LogP contribution in [0.2, 0.25) is 0 Å². The number of hydrogen-bond donors (Lipinski definition) is 4. The van der Waals surface area contributed by atoms with Gasteiger partial charge in [-0.15, -0.1) is 11.3 Å². The average Bonchev–Trinajstić information content (AvgIpc) is 3.07. The van der Waals surface area contributed by atoms with E-state index in [0.717, 1.165) is 6.54 Å². The summed E-state index contributed by atoms with van der Waals surface area (Å²) >= 11 is 1.23. The molecule has 1 aromatic carbocycles. The normalized spacial score (nSPS) is 10.3. The molecule has 2 rings (SSSR count). The van der Waals surface area contributed by atoms with Crippen LogP contribution in [0.1, 0.15) is 9.67 Å². The van der Waals surface area contributed by atoms with Crippen molar-refractivity contribution in [1.29, 1.82) is 0 Å². The molecule has 0 aliphatic heterocycles. The topological polar surface area (TPSA) is 91.5 Å². The lowest BCUT2D eigenvalue weighted by molar-refractivity contribution is 0.0957. The monoisotopic (exact) mass is 362 g/mol. The van der Waals surface area contributed by atoms with Gasteiger partial charge in [-0.2, -0.15) is 0 Å². The Balaban J connectivity index is 1.73. The third-order valence-corrected chi connectivity index (χ3v) is 4.17. The highest BCUT2D eigenvalue weighted by Gasteiger charge is 2.10. The standard InChI is InChI=1S/C17H22N4O3S/c1-24-12-11-18-9-10-19-16(22)14-7-8-15(25-14)21-17(23)20-13-5-3-2-4-6-13/h2-8,18H,9-12H2,1H3,(H,19,22)(H2,20,21,23). The first kappa shape index (κ1) is 18.9. The van der Waals surface area contributed by atoms with Gasteiger partial charge in [0.15, 0.2) is 0 Å². The summed E-state index contributed by atoms with van der Waals surface area (Å²) in [6.07, 6.45) is 0. The van der Waals surface area contributed by atoms with Crippen LogP contribution in [0, 0.1) is 0 Å². The summed E-state index contributed by atoms with van der Waals surface area (Å²) in [5.41, 5.74) is 0.704. The van der Waals surface area contributed by atoms with Gasteiger partial charge in [0.25, 0.3) is 5.91 Å². The summed E-state index contributed by atoms with van der Waals surface area (Å²) in [4.78, 5) is 24.5. The van der Waals surface area contributed by atoms with E-state index in [2.05, 4.69) is 21.3 Å². The summed E-state index contributed by atoms with van der Waals surface area (Å²) < 4.78 is 4.92. The van der Waals surface area contributed by atoms with Crippen molar-refractivity contribution in [2.45, 2.75) is 0 Å². The molecule has 0 fully saturated rings. The highest BCUT2D eigenvalue weighted by atomic mass is 32.1. The van der Waals surface area contributed by atoms with Crippen LogP contribution in [0.25, 0.3) is 0 Å². The molecule has 0 saturated carbocycles. The van der Waals surface area contributed by atoms with Gasteiger partial charge in [0.2, 0.25) is 0 Å². The molecule has 7 nitrogen and oxygen atoms in total. The van der Waals surface area contributed by atoms with E-state index in [0.29, 0.717) is 35.3 Å². The summed E-state index contributed by atoms with van der Waals surface area (Å²) in [6.45, 7) is 2.58. The quantitative estimate of drug-likeness (QED) is 0.515. The maximum absolute atomic E-state index is 12.0. The van der Waals surface area contributed by atoms with Crippen LogP contribution >= 0.6 is 11.3 Å². The van der Waals surface area contributed by atoms with Crippen LogP contribution in [0.4, 0.5) is 15.5 Å². The lowest BCUT2D eigenvalue weighted by atomic mass is 10.3. The zero-order valence-corrected chi connectivity index (χ0v) is 14.8. The van der Waals surface area contributed by atoms with Gasteiger partial charge < -0.3 is 20.7 Å². The van der Waals surface area contributed by atoms with Crippen molar-refractivity contribution in [2.24, 2.45) is 0 Å².